The Morgan fingerprint density at radius 1 is 0.615 bits per heavy atom. The zero-order valence-electron chi connectivity index (χ0n) is 32.1. The fraction of sp³-hybridized carbons (Fsp3) is 0.125. The number of carbonyl (C=O) groups is 5. The first-order valence-corrected chi connectivity index (χ1v) is 22.2. The summed E-state index contributed by atoms with van der Waals surface area (Å²) in [5.74, 6) is -3.95. The summed E-state index contributed by atoms with van der Waals surface area (Å²) in [4.78, 5) is 70.5. The Labute approximate surface area is 390 Å². The van der Waals surface area contributed by atoms with Crippen molar-refractivity contribution in [3.63, 3.8) is 0 Å². The molecule has 9 N–H and O–H groups in total. The van der Waals surface area contributed by atoms with E-state index in [4.69, 9.17) is 10.2 Å². The van der Waals surface area contributed by atoms with E-state index in [9.17, 15) is 39.3 Å². The van der Waals surface area contributed by atoms with Crippen molar-refractivity contribution in [1.29, 1.82) is 0 Å². The summed E-state index contributed by atoms with van der Waals surface area (Å²) in [6, 6.07) is 19.6. The van der Waals surface area contributed by atoms with Crippen LogP contribution in [-0.2, 0) is 9.59 Å². The van der Waals surface area contributed by atoms with Gasteiger partial charge in [-0.05, 0) is 52.7 Å². The number of thiophene rings is 3. The van der Waals surface area contributed by atoms with Gasteiger partial charge in [-0.2, -0.15) is 15.0 Å². The Morgan fingerprint density at radius 3 is 1.45 bits per heavy atom. The van der Waals surface area contributed by atoms with Gasteiger partial charge in [0, 0.05) is 23.9 Å². The number of carboxylic acids is 2. The van der Waals surface area contributed by atoms with Gasteiger partial charge in [0.1, 0.15) is 5.25 Å². The number of ketones is 3. The third kappa shape index (κ3) is 16.1. The van der Waals surface area contributed by atoms with Crippen molar-refractivity contribution in [2.45, 2.75) is 36.8 Å². The molecular weight excluding hydrogens is 941 g/mol. The standard InChI is InChI=1S/C15H12N4O2S.C13H11N3O6S2.C10H9N3O2S2.2CH4/c20-11(13-7-4-8-22-13)9-12(21)14-17-15(19-18-14)16-10-5-2-1-3-6-10;17-6(8-2-1-3-23-8)4-7(18)11-14-13(16-15-11)24-9(12(21)22)5-10(19)20;1-16-10-11-9(12-13-10)7(15)5-6(14)8-3-2-4-17-8;;/h1-9,21H,(H2,16,17,18,19);1-4,9,18H,5H2,(H,19,20)(H,21,22)(H,14,15,16);2-5,15H,1H3,(H,11,12,13);2*1H4. The Morgan fingerprint density at radius 2 is 1.05 bits per heavy atom. The molecule has 0 spiro atoms. The average molecular weight is 981 g/mol. The number of benzene rings is 1. The lowest BCUT2D eigenvalue weighted by molar-refractivity contribution is -0.142. The van der Waals surface area contributed by atoms with Crippen LogP contribution in [0.5, 0.6) is 0 Å². The molecule has 0 amide bonds. The van der Waals surface area contributed by atoms with Crippen molar-refractivity contribution in [3.8, 4) is 0 Å². The van der Waals surface area contributed by atoms with E-state index >= 15 is 0 Å². The first-order chi connectivity index (χ1) is 30.3. The summed E-state index contributed by atoms with van der Waals surface area (Å²) in [6.45, 7) is 0. The fourth-order valence-corrected chi connectivity index (χ4v) is 7.51. The molecule has 7 rings (SSSR count). The first-order valence-electron chi connectivity index (χ1n) is 17.5. The van der Waals surface area contributed by atoms with E-state index in [-0.39, 0.29) is 60.6 Å². The maximum Gasteiger partial charge on any atom is 0.317 e. The van der Waals surface area contributed by atoms with Crippen LogP contribution in [-0.4, -0.2) is 112 Å². The normalized spacial score (nSPS) is 11.6. The van der Waals surface area contributed by atoms with Crippen LogP contribution in [0.1, 0.15) is 67.8 Å². The molecule has 0 aliphatic carbocycles. The number of nitrogens with one attached hydrogen (secondary N) is 4. The predicted octanol–water partition coefficient (Wildman–Crippen LogP) is 8.70. The largest absolute Gasteiger partial charge is 0.504 e. The van der Waals surface area contributed by atoms with Crippen LogP contribution in [0.25, 0.3) is 17.3 Å². The van der Waals surface area contributed by atoms with Crippen LogP contribution in [0.3, 0.4) is 0 Å². The number of H-pyrrole nitrogens is 3. The molecule has 0 fully saturated rings. The molecule has 1 unspecified atom stereocenters. The number of allylic oxidation sites excluding steroid dienone is 3. The molecule has 6 heterocycles. The second kappa shape index (κ2) is 25.8. The van der Waals surface area contributed by atoms with Crippen molar-refractivity contribution in [2.75, 3.05) is 11.6 Å². The third-order valence-corrected chi connectivity index (χ3v) is 11.6. The summed E-state index contributed by atoms with van der Waals surface area (Å²) in [5, 5.41) is 73.7. The number of aromatic nitrogens is 9. The van der Waals surface area contributed by atoms with E-state index in [0.717, 1.165) is 23.9 Å². The molecular formula is C40H40N10O10S5. The van der Waals surface area contributed by atoms with Gasteiger partial charge in [-0.1, -0.05) is 74.8 Å². The van der Waals surface area contributed by atoms with Crippen LogP contribution >= 0.6 is 57.5 Å². The number of para-hydroxylation sites is 1. The van der Waals surface area contributed by atoms with Gasteiger partial charge in [-0.25, -0.2) is 0 Å². The number of hydrogen-bond acceptors (Lipinski definition) is 20. The van der Waals surface area contributed by atoms with Crippen LogP contribution in [0.2, 0.25) is 0 Å². The molecule has 20 nitrogen and oxygen atoms in total. The Kier molecular flexibility index (Phi) is 20.7. The second-order valence-electron chi connectivity index (χ2n) is 11.8. The molecule has 0 radical (unpaired) electrons. The Balaban J connectivity index is 0.000000258. The maximum absolute atomic E-state index is 11.9. The lowest BCUT2D eigenvalue weighted by Gasteiger charge is -2.05. The summed E-state index contributed by atoms with van der Waals surface area (Å²) < 4.78 is 0. The number of carbonyl (C=O) groups excluding carboxylic acids is 3. The van der Waals surface area contributed by atoms with Crippen LogP contribution in [0.4, 0.5) is 11.6 Å². The minimum atomic E-state index is -1.32. The van der Waals surface area contributed by atoms with Gasteiger partial charge in [-0.3, -0.25) is 39.3 Å². The highest BCUT2D eigenvalue weighted by molar-refractivity contribution is 8.00. The molecule has 25 heteroatoms. The lowest BCUT2D eigenvalue weighted by atomic mass is 10.3. The molecule has 0 saturated heterocycles. The average Bonchev–Trinajstić information content (AvgIpc) is 4.13. The number of nitrogens with zero attached hydrogens (tertiary/aromatic N) is 6. The summed E-state index contributed by atoms with van der Waals surface area (Å²) in [6.07, 6.45) is 4.44. The summed E-state index contributed by atoms with van der Waals surface area (Å²) in [5.41, 5.74) is 0.825. The fourth-order valence-electron chi connectivity index (χ4n) is 4.46. The monoisotopic (exact) mass is 980 g/mol. The molecule has 65 heavy (non-hydrogen) atoms. The van der Waals surface area contributed by atoms with Crippen molar-refractivity contribution in [1.82, 2.24) is 45.5 Å². The topological polar surface area (TPSA) is 323 Å². The van der Waals surface area contributed by atoms with Crippen molar-refractivity contribution in [3.05, 3.63) is 133 Å². The zero-order chi connectivity index (χ0) is 45.3. The highest BCUT2D eigenvalue weighted by Crippen LogP contribution is 2.24. The highest BCUT2D eigenvalue weighted by Gasteiger charge is 2.25. The molecule has 7 aromatic rings. The number of carboxylic acid groups (broad SMARTS) is 2. The molecule has 0 aliphatic heterocycles. The number of aliphatic hydroxyl groups is 3. The first kappa shape index (κ1) is 52.2. The number of hydrogen-bond donors (Lipinski definition) is 9. The predicted molar refractivity (Wildman–Crippen MR) is 251 cm³/mol. The number of anilines is 2. The van der Waals surface area contributed by atoms with Gasteiger partial charge >= 0.3 is 11.9 Å². The smallest absolute Gasteiger partial charge is 0.317 e. The number of aliphatic carboxylic acids is 2. The molecule has 0 aliphatic rings. The van der Waals surface area contributed by atoms with Gasteiger partial charge in [0.05, 0.1) is 21.1 Å². The van der Waals surface area contributed by atoms with Gasteiger partial charge in [0.15, 0.2) is 52.1 Å². The van der Waals surface area contributed by atoms with E-state index in [1.807, 2.05) is 36.6 Å². The SMILES string of the molecule is C.C.CSc1n[nH]c(C(O)=CC(=O)c2cccs2)n1.O=C(C=C(O)c1nc(Nc2ccccc2)n[nH]1)c1cccs1.O=C(O)CC(Sc1n[nH]c(C(O)=CC(=O)c2cccs2)n1)C(=O)O. The highest BCUT2D eigenvalue weighted by atomic mass is 32.2. The molecule has 0 saturated carbocycles. The maximum atomic E-state index is 11.9. The quantitative estimate of drug-likeness (QED) is 0.0178. The van der Waals surface area contributed by atoms with Crippen LogP contribution in [0.15, 0.2) is 111 Å². The Bertz CT molecular complexity index is 2710. The van der Waals surface area contributed by atoms with Gasteiger partial charge < -0.3 is 30.8 Å². The van der Waals surface area contributed by atoms with Gasteiger partial charge in [-0.15, -0.1) is 49.3 Å². The van der Waals surface area contributed by atoms with Crippen molar-refractivity contribution < 1.29 is 49.5 Å². The minimum absolute atomic E-state index is 0. The lowest BCUT2D eigenvalue weighted by Crippen LogP contribution is -2.20. The van der Waals surface area contributed by atoms with E-state index in [1.165, 1.54) is 45.8 Å². The van der Waals surface area contributed by atoms with E-state index in [2.05, 4.69) is 50.9 Å². The number of thioether (sulfide) groups is 2. The summed E-state index contributed by atoms with van der Waals surface area (Å²) >= 11 is 5.82. The third-order valence-electron chi connectivity index (χ3n) is 7.33. The molecule has 1 aromatic carbocycles. The molecule has 340 valence electrons. The molecule has 0 bridgehead atoms. The number of rotatable bonds is 17. The van der Waals surface area contributed by atoms with E-state index < -0.39 is 35.2 Å². The van der Waals surface area contributed by atoms with Crippen LogP contribution < -0.4 is 5.32 Å². The van der Waals surface area contributed by atoms with Gasteiger partial charge in [0.2, 0.25) is 16.3 Å². The number of aliphatic hydroxyl groups excluding tert-OH is 3. The van der Waals surface area contributed by atoms with Crippen LogP contribution in [0, 0.1) is 0 Å². The number of aromatic amines is 3. The zero-order valence-corrected chi connectivity index (χ0v) is 36.2. The van der Waals surface area contributed by atoms with E-state index in [0.29, 0.717) is 37.5 Å². The van der Waals surface area contributed by atoms with Crippen molar-refractivity contribution >= 4 is 116 Å². The summed E-state index contributed by atoms with van der Waals surface area (Å²) in [7, 11) is 0. The van der Waals surface area contributed by atoms with E-state index in [1.54, 1.807) is 52.5 Å². The molecule has 1 atom stereocenters. The molecule has 6 aromatic heterocycles. The van der Waals surface area contributed by atoms with Crippen molar-refractivity contribution in [2.24, 2.45) is 0 Å². The Hall–Kier alpha value is -7.19. The minimum Gasteiger partial charge on any atom is -0.504 e. The second-order valence-corrected chi connectivity index (χ2v) is 16.6. The van der Waals surface area contributed by atoms with Gasteiger partial charge in [0.25, 0.3) is 0 Å².